The van der Waals surface area contributed by atoms with Crippen LogP contribution >= 0.6 is 0 Å². The molecule has 3 nitrogen and oxygen atoms in total. The number of carboxylic acids is 1. The van der Waals surface area contributed by atoms with Crippen molar-refractivity contribution in [3.63, 3.8) is 0 Å². The first-order valence-electron chi connectivity index (χ1n) is 4.06. The maximum atomic E-state index is 13.8. The summed E-state index contributed by atoms with van der Waals surface area (Å²) in [6.07, 6.45) is 0.330. The third-order valence-corrected chi connectivity index (χ3v) is 2.59. The maximum Gasteiger partial charge on any atom is 0.309 e. The number of likely N-dealkylation sites (tertiary alicyclic amines) is 1. The molecule has 1 rings (SSSR count). The zero-order valence-corrected chi connectivity index (χ0v) is 7.38. The van der Waals surface area contributed by atoms with Gasteiger partial charge < -0.3 is 10.0 Å². The Morgan fingerprint density at radius 1 is 1.75 bits per heavy atom. The number of hydrogen-bond donors (Lipinski definition) is 1. The van der Waals surface area contributed by atoms with Crippen LogP contribution in [0, 0.1) is 5.92 Å². The fraction of sp³-hybridized carbons (Fsp3) is 0.875. The number of carboxylic acid groups (broad SMARTS) is 1. The fourth-order valence-electron chi connectivity index (χ4n) is 1.56. The van der Waals surface area contributed by atoms with Gasteiger partial charge in [0.1, 0.15) is 5.67 Å². The number of nitrogens with zero attached hydrogens (tertiary/aromatic N) is 1. The minimum atomic E-state index is -1.53. The highest BCUT2D eigenvalue weighted by atomic mass is 19.1. The van der Waals surface area contributed by atoms with E-state index in [0.717, 1.165) is 0 Å². The van der Waals surface area contributed by atoms with Crippen molar-refractivity contribution in [2.75, 3.05) is 20.1 Å². The van der Waals surface area contributed by atoms with E-state index >= 15 is 0 Å². The van der Waals surface area contributed by atoms with Crippen LogP contribution < -0.4 is 0 Å². The summed E-state index contributed by atoms with van der Waals surface area (Å²) in [7, 11) is 1.80. The zero-order chi connectivity index (χ0) is 9.35. The highest BCUT2D eigenvalue weighted by Gasteiger charge is 2.45. The topological polar surface area (TPSA) is 40.5 Å². The Bertz CT molecular complexity index is 197. The molecule has 70 valence electrons. The van der Waals surface area contributed by atoms with E-state index in [1.54, 1.807) is 7.05 Å². The summed E-state index contributed by atoms with van der Waals surface area (Å²) in [6.45, 7) is 2.32. The molecule has 0 aromatic carbocycles. The fourth-order valence-corrected chi connectivity index (χ4v) is 1.56. The molecule has 1 saturated heterocycles. The average molecular weight is 175 g/mol. The lowest BCUT2D eigenvalue weighted by atomic mass is 9.90. The van der Waals surface area contributed by atoms with Gasteiger partial charge in [-0.05, 0) is 20.4 Å². The second-order valence-corrected chi connectivity index (χ2v) is 3.58. The molecule has 0 amide bonds. The van der Waals surface area contributed by atoms with Crippen molar-refractivity contribution in [1.82, 2.24) is 4.90 Å². The molecule has 1 aliphatic heterocycles. The van der Waals surface area contributed by atoms with E-state index in [0.29, 0.717) is 13.0 Å². The molecule has 0 radical (unpaired) electrons. The molecule has 0 aromatic rings. The summed E-state index contributed by atoms with van der Waals surface area (Å²) >= 11 is 0. The molecule has 0 aromatic heterocycles. The number of rotatable bonds is 2. The van der Waals surface area contributed by atoms with Gasteiger partial charge in [0.2, 0.25) is 0 Å². The molecule has 12 heavy (non-hydrogen) atoms. The van der Waals surface area contributed by atoms with Crippen molar-refractivity contribution in [3.05, 3.63) is 0 Å². The van der Waals surface area contributed by atoms with Crippen LogP contribution in [0.1, 0.15) is 13.3 Å². The maximum absolute atomic E-state index is 13.8. The Morgan fingerprint density at radius 2 is 2.33 bits per heavy atom. The van der Waals surface area contributed by atoms with Crippen molar-refractivity contribution in [2.45, 2.75) is 19.0 Å². The van der Waals surface area contributed by atoms with Gasteiger partial charge in [0.15, 0.2) is 0 Å². The van der Waals surface area contributed by atoms with Crippen molar-refractivity contribution in [3.8, 4) is 0 Å². The minimum absolute atomic E-state index is 0.237. The standard InChI is InChI=1S/C8H14FNO2/c1-6(7(11)12)8(9)3-4-10(2)5-8/h6H,3-5H2,1-2H3,(H,11,12). The van der Waals surface area contributed by atoms with Gasteiger partial charge in [-0.15, -0.1) is 0 Å². The molecular weight excluding hydrogens is 161 g/mol. The van der Waals surface area contributed by atoms with Crippen LogP contribution in [0.25, 0.3) is 0 Å². The van der Waals surface area contributed by atoms with Crippen LogP contribution in [0.15, 0.2) is 0 Å². The molecule has 1 aliphatic rings. The molecule has 0 aliphatic carbocycles. The first kappa shape index (κ1) is 9.45. The molecule has 2 atom stereocenters. The van der Waals surface area contributed by atoms with Gasteiger partial charge in [-0.25, -0.2) is 4.39 Å². The summed E-state index contributed by atoms with van der Waals surface area (Å²) in [4.78, 5) is 12.4. The van der Waals surface area contributed by atoms with Crippen molar-refractivity contribution in [2.24, 2.45) is 5.92 Å². The van der Waals surface area contributed by atoms with Gasteiger partial charge in [-0.1, -0.05) is 0 Å². The Morgan fingerprint density at radius 3 is 2.67 bits per heavy atom. The van der Waals surface area contributed by atoms with Crippen LogP contribution in [0.5, 0.6) is 0 Å². The molecule has 1 N–H and O–H groups in total. The van der Waals surface area contributed by atoms with E-state index in [9.17, 15) is 9.18 Å². The zero-order valence-electron chi connectivity index (χ0n) is 7.38. The van der Waals surface area contributed by atoms with Crippen LogP contribution in [0.3, 0.4) is 0 Å². The molecule has 2 unspecified atom stereocenters. The molecule has 0 spiro atoms. The summed E-state index contributed by atoms with van der Waals surface area (Å²) in [6, 6.07) is 0. The molecule has 1 heterocycles. The highest BCUT2D eigenvalue weighted by molar-refractivity contribution is 5.71. The van der Waals surface area contributed by atoms with Crippen molar-refractivity contribution < 1.29 is 14.3 Å². The second-order valence-electron chi connectivity index (χ2n) is 3.58. The predicted octanol–water partition coefficient (Wildman–Crippen LogP) is 0.751. The Kier molecular flexibility index (Phi) is 2.37. The van der Waals surface area contributed by atoms with E-state index in [2.05, 4.69) is 0 Å². The summed E-state index contributed by atoms with van der Waals surface area (Å²) in [5.74, 6) is -1.95. The Hall–Kier alpha value is -0.640. The quantitative estimate of drug-likeness (QED) is 0.673. The van der Waals surface area contributed by atoms with E-state index in [1.807, 2.05) is 4.90 Å². The predicted molar refractivity (Wildman–Crippen MR) is 42.8 cm³/mol. The second kappa shape index (κ2) is 3.01. The minimum Gasteiger partial charge on any atom is -0.481 e. The lowest BCUT2D eigenvalue weighted by molar-refractivity contribution is -0.146. The number of aliphatic carboxylic acids is 1. The van der Waals surface area contributed by atoms with Crippen LogP contribution in [-0.4, -0.2) is 41.8 Å². The molecular formula is C8H14FNO2. The van der Waals surface area contributed by atoms with Crippen LogP contribution in [0.4, 0.5) is 4.39 Å². The van der Waals surface area contributed by atoms with E-state index in [-0.39, 0.29) is 6.54 Å². The third-order valence-electron chi connectivity index (χ3n) is 2.59. The van der Waals surface area contributed by atoms with Gasteiger partial charge in [0.25, 0.3) is 0 Å². The summed E-state index contributed by atoms with van der Waals surface area (Å²) < 4.78 is 13.8. The van der Waals surface area contributed by atoms with E-state index in [4.69, 9.17) is 5.11 Å². The number of carbonyl (C=O) groups is 1. The SMILES string of the molecule is CC(C(=O)O)C1(F)CCN(C)C1. The molecule has 0 bridgehead atoms. The summed E-state index contributed by atoms with van der Waals surface area (Å²) in [5.41, 5.74) is -1.53. The van der Waals surface area contributed by atoms with Gasteiger partial charge >= 0.3 is 5.97 Å². The van der Waals surface area contributed by atoms with Crippen molar-refractivity contribution in [1.29, 1.82) is 0 Å². The average Bonchev–Trinajstić information content (AvgIpc) is 2.31. The Balaban J connectivity index is 2.66. The third kappa shape index (κ3) is 1.58. The molecule has 0 saturated carbocycles. The lowest BCUT2D eigenvalue weighted by Crippen LogP contribution is -2.38. The van der Waals surface area contributed by atoms with Gasteiger partial charge in [-0.2, -0.15) is 0 Å². The van der Waals surface area contributed by atoms with Gasteiger partial charge in [-0.3, -0.25) is 4.79 Å². The first-order valence-corrected chi connectivity index (χ1v) is 4.06. The normalized spacial score (nSPS) is 33.6. The number of hydrogen-bond acceptors (Lipinski definition) is 2. The van der Waals surface area contributed by atoms with E-state index in [1.165, 1.54) is 6.92 Å². The molecule has 1 fully saturated rings. The Labute approximate surface area is 71.2 Å². The van der Waals surface area contributed by atoms with Gasteiger partial charge in [0.05, 0.1) is 5.92 Å². The number of alkyl halides is 1. The highest BCUT2D eigenvalue weighted by Crippen LogP contribution is 2.32. The first-order chi connectivity index (χ1) is 5.46. The van der Waals surface area contributed by atoms with E-state index < -0.39 is 17.6 Å². The van der Waals surface area contributed by atoms with Crippen LogP contribution in [-0.2, 0) is 4.79 Å². The lowest BCUT2D eigenvalue weighted by Gasteiger charge is -2.23. The summed E-state index contributed by atoms with van der Waals surface area (Å²) in [5, 5.41) is 8.64. The smallest absolute Gasteiger partial charge is 0.309 e. The monoisotopic (exact) mass is 175 g/mol. The van der Waals surface area contributed by atoms with Gasteiger partial charge in [0, 0.05) is 13.1 Å². The number of halogens is 1. The molecule has 4 heteroatoms. The largest absolute Gasteiger partial charge is 0.481 e. The van der Waals surface area contributed by atoms with Crippen molar-refractivity contribution >= 4 is 5.97 Å². The van der Waals surface area contributed by atoms with Crippen LogP contribution in [0.2, 0.25) is 0 Å².